The van der Waals surface area contributed by atoms with Gasteiger partial charge in [-0.1, -0.05) is 19.3 Å². The summed E-state index contributed by atoms with van der Waals surface area (Å²) >= 11 is 1.25. The first-order valence-corrected chi connectivity index (χ1v) is 10.9. The molecule has 1 aliphatic carbocycles. The van der Waals surface area contributed by atoms with Crippen LogP contribution in [0.5, 0.6) is 5.75 Å². The van der Waals surface area contributed by atoms with Crippen molar-refractivity contribution >= 4 is 28.2 Å². The van der Waals surface area contributed by atoms with Gasteiger partial charge < -0.3 is 10.5 Å². The lowest BCUT2D eigenvalue weighted by Gasteiger charge is -2.22. The second-order valence-corrected chi connectivity index (χ2v) is 8.20. The molecule has 1 fully saturated rings. The van der Waals surface area contributed by atoms with E-state index >= 15 is 0 Å². The molecule has 0 aliphatic heterocycles. The zero-order chi connectivity index (χ0) is 20.9. The molecular formula is C22H23FN4O2S. The van der Waals surface area contributed by atoms with Crippen LogP contribution in [-0.4, -0.2) is 22.6 Å². The summed E-state index contributed by atoms with van der Waals surface area (Å²) in [5.74, 6) is 0.128. The van der Waals surface area contributed by atoms with Crippen LogP contribution in [0.25, 0.3) is 11.3 Å². The van der Waals surface area contributed by atoms with Crippen molar-refractivity contribution < 1.29 is 13.9 Å². The smallest absolute Gasteiger partial charge is 0.325 e. The molecule has 2 amide bonds. The predicted molar refractivity (Wildman–Crippen MR) is 116 cm³/mol. The molecule has 30 heavy (non-hydrogen) atoms. The third-order valence-corrected chi connectivity index (χ3v) is 6.06. The molecular weight excluding hydrogens is 403 g/mol. The van der Waals surface area contributed by atoms with Gasteiger partial charge in [0.25, 0.3) is 0 Å². The summed E-state index contributed by atoms with van der Waals surface area (Å²) in [4.78, 5) is 21.9. The fourth-order valence-electron chi connectivity index (χ4n) is 3.65. The lowest BCUT2D eigenvalue weighted by molar-refractivity contribution is 0.202. The Hall–Kier alpha value is -3.00. The van der Waals surface area contributed by atoms with E-state index in [2.05, 4.69) is 9.97 Å². The molecule has 0 radical (unpaired) electrons. The van der Waals surface area contributed by atoms with E-state index in [0.29, 0.717) is 29.0 Å². The number of benzene rings is 1. The van der Waals surface area contributed by atoms with Crippen LogP contribution in [0.15, 0.2) is 48.1 Å². The first-order chi connectivity index (χ1) is 14.6. The SMILES string of the molecule is NC(=O)N(c1ccc(OCC2CCCCC2)c(F)c1)c1nc(-c2cccnc2)cs1. The summed E-state index contributed by atoms with van der Waals surface area (Å²) in [7, 11) is 0. The lowest BCUT2D eigenvalue weighted by Crippen LogP contribution is -2.31. The van der Waals surface area contributed by atoms with Gasteiger partial charge in [-0.2, -0.15) is 0 Å². The highest BCUT2D eigenvalue weighted by atomic mass is 32.1. The summed E-state index contributed by atoms with van der Waals surface area (Å²) < 4.78 is 20.4. The first-order valence-electron chi connectivity index (χ1n) is 9.99. The molecule has 1 aliphatic rings. The Morgan fingerprint density at radius 1 is 1.27 bits per heavy atom. The minimum atomic E-state index is -0.739. The molecule has 0 saturated heterocycles. The number of carbonyl (C=O) groups excluding carboxylic acids is 1. The molecule has 0 bridgehead atoms. The van der Waals surface area contributed by atoms with Gasteiger partial charge in [-0.15, -0.1) is 11.3 Å². The van der Waals surface area contributed by atoms with E-state index in [0.717, 1.165) is 18.4 Å². The number of amides is 2. The summed E-state index contributed by atoms with van der Waals surface area (Å²) in [6.45, 7) is 0.511. The Morgan fingerprint density at radius 3 is 2.80 bits per heavy atom. The molecule has 1 saturated carbocycles. The van der Waals surface area contributed by atoms with Gasteiger partial charge in [0.15, 0.2) is 16.7 Å². The topological polar surface area (TPSA) is 81.3 Å². The number of aromatic nitrogens is 2. The number of rotatable bonds is 6. The van der Waals surface area contributed by atoms with Crippen molar-refractivity contribution in [1.82, 2.24) is 9.97 Å². The predicted octanol–water partition coefficient (Wildman–Crippen LogP) is 5.52. The number of carbonyl (C=O) groups is 1. The van der Waals surface area contributed by atoms with Crippen LogP contribution in [0.1, 0.15) is 32.1 Å². The van der Waals surface area contributed by atoms with Gasteiger partial charge in [0.1, 0.15) is 0 Å². The van der Waals surface area contributed by atoms with E-state index in [9.17, 15) is 9.18 Å². The van der Waals surface area contributed by atoms with Gasteiger partial charge in [0, 0.05) is 29.4 Å². The van der Waals surface area contributed by atoms with E-state index < -0.39 is 11.8 Å². The Morgan fingerprint density at radius 2 is 2.10 bits per heavy atom. The van der Waals surface area contributed by atoms with Gasteiger partial charge in [0.05, 0.1) is 18.0 Å². The van der Waals surface area contributed by atoms with Crippen LogP contribution in [0.3, 0.4) is 0 Å². The maximum Gasteiger partial charge on any atom is 0.325 e. The number of primary amides is 1. The van der Waals surface area contributed by atoms with Crippen LogP contribution in [0.4, 0.5) is 20.0 Å². The van der Waals surface area contributed by atoms with Crippen LogP contribution in [0.2, 0.25) is 0 Å². The Labute approximate surface area is 178 Å². The van der Waals surface area contributed by atoms with E-state index in [1.165, 1.54) is 41.6 Å². The second-order valence-electron chi connectivity index (χ2n) is 7.36. The standard InChI is InChI=1S/C22H23FN4O2S/c23-18-11-17(8-9-20(18)29-13-15-5-2-1-3-6-15)27(21(24)28)22-26-19(14-30-22)16-7-4-10-25-12-16/h4,7-12,14-15H,1-3,5-6,13H2,(H2,24,28). The van der Waals surface area contributed by atoms with Crippen molar-refractivity contribution in [2.75, 3.05) is 11.5 Å². The van der Waals surface area contributed by atoms with Crippen molar-refractivity contribution in [3.8, 4) is 17.0 Å². The molecule has 0 atom stereocenters. The second kappa shape index (κ2) is 9.21. The summed E-state index contributed by atoms with van der Waals surface area (Å²) in [5, 5.41) is 2.16. The zero-order valence-electron chi connectivity index (χ0n) is 16.5. The molecule has 2 aromatic heterocycles. The molecule has 156 valence electrons. The fraction of sp³-hybridized carbons (Fsp3) is 0.318. The molecule has 2 heterocycles. The summed E-state index contributed by atoms with van der Waals surface area (Å²) in [5.41, 5.74) is 7.37. The minimum Gasteiger partial charge on any atom is -0.490 e. The highest BCUT2D eigenvalue weighted by Crippen LogP contribution is 2.34. The molecule has 1 aromatic carbocycles. The highest BCUT2D eigenvalue weighted by Gasteiger charge is 2.21. The van der Waals surface area contributed by atoms with E-state index in [4.69, 9.17) is 10.5 Å². The molecule has 8 heteroatoms. The monoisotopic (exact) mass is 426 g/mol. The number of nitrogens with two attached hydrogens (primary N) is 1. The summed E-state index contributed by atoms with van der Waals surface area (Å²) in [6, 6.07) is 7.36. The first kappa shape index (κ1) is 20.3. The maximum absolute atomic E-state index is 14.7. The van der Waals surface area contributed by atoms with Gasteiger partial charge >= 0.3 is 6.03 Å². The maximum atomic E-state index is 14.7. The third kappa shape index (κ3) is 4.59. The zero-order valence-corrected chi connectivity index (χ0v) is 17.3. The Kier molecular flexibility index (Phi) is 6.23. The van der Waals surface area contributed by atoms with Crippen molar-refractivity contribution in [2.24, 2.45) is 11.7 Å². The van der Waals surface area contributed by atoms with Gasteiger partial charge in [0.2, 0.25) is 0 Å². The number of hydrogen-bond acceptors (Lipinski definition) is 5. The number of pyridine rings is 1. The average Bonchev–Trinajstić information content (AvgIpc) is 3.24. The van der Waals surface area contributed by atoms with E-state index in [1.54, 1.807) is 29.9 Å². The highest BCUT2D eigenvalue weighted by molar-refractivity contribution is 7.14. The Bertz CT molecular complexity index is 1010. The average molecular weight is 427 g/mol. The number of anilines is 2. The fourth-order valence-corrected chi connectivity index (χ4v) is 4.51. The lowest BCUT2D eigenvalue weighted by atomic mass is 9.90. The van der Waals surface area contributed by atoms with Crippen molar-refractivity contribution in [1.29, 1.82) is 0 Å². The van der Waals surface area contributed by atoms with Gasteiger partial charge in [-0.3, -0.25) is 4.98 Å². The van der Waals surface area contributed by atoms with Crippen LogP contribution < -0.4 is 15.4 Å². The molecule has 6 nitrogen and oxygen atoms in total. The van der Waals surface area contributed by atoms with Crippen LogP contribution in [0, 0.1) is 11.7 Å². The Balaban J connectivity index is 1.52. The normalized spacial score (nSPS) is 14.4. The number of halogens is 1. The quantitative estimate of drug-likeness (QED) is 0.563. The van der Waals surface area contributed by atoms with Crippen molar-refractivity contribution in [2.45, 2.75) is 32.1 Å². The summed E-state index contributed by atoms with van der Waals surface area (Å²) in [6.07, 6.45) is 9.28. The van der Waals surface area contributed by atoms with Gasteiger partial charge in [-0.05, 0) is 43.0 Å². The molecule has 0 unspecified atom stereocenters. The van der Waals surface area contributed by atoms with Crippen molar-refractivity contribution in [3.05, 3.63) is 53.9 Å². The molecule has 2 N–H and O–H groups in total. The van der Waals surface area contributed by atoms with Gasteiger partial charge in [-0.25, -0.2) is 19.1 Å². The number of nitrogens with zero attached hydrogens (tertiary/aromatic N) is 3. The largest absolute Gasteiger partial charge is 0.490 e. The van der Waals surface area contributed by atoms with Crippen molar-refractivity contribution in [3.63, 3.8) is 0 Å². The third-order valence-electron chi connectivity index (χ3n) is 5.23. The number of hydrogen-bond donors (Lipinski definition) is 1. The molecule has 4 rings (SSSR count). The number of thiazole rings is 1. The molecule has 0 spiro atoms. The molecule has 3 aromatic rings. The van der Waals surface area contributed by atoms with Crippen LogP contribution in [-0.2, 0) is 0 Å². The number of ether oxygens (including phenoxy) is 1. The number of urea groups is 1. The van der Waals surface area contributed by atoms with E-state index in [-0.39, 0.29) is 5.75 Å². The van der Waals surface area contributed by atoms with Crippen LogP contribution >= 0.6 is 11.3 Å². The minimum absolute atomic E-state index is 0.184. The van der Waals surface area contributed by atoms with E-state index in [1.807, 2.05) is 12.1 Å².